The summed E-state index contributed by atoms with van der Waals surface area (Å²) in [6, 6.07) is 9.10. The quantitative estimate of drug-likeness (QED) is 0.706. The molecule has 0 N–H and O–H groups in total. The number of hydrogen-bond donors (Lipinski definition) is 0. The Bertz CT molecular complexity index is 572. The first-order valence-corrected chi connectivity index (χ1v) is 10.9. The maximum Gasteiger partial charge on any atom is 0.338 e. The van der Waals surface area contributed by atoms with E-state index in [0.29, 0.717) is 16.6 Å². The minimum absolute atomic E-state index is 0.0307. The zero-order valence-electron chi connectivity index (χ0n) is 15.0. The van der Waals surface area contributed by atoms with E-state index in [1.807, 2.05) is 62.5 Å². The van der Waals surface area contributed by atoms with Gasteiger partial charge in [0, 0.05) is 6.42 Å². The summed E-state index contributed by atoms with van der Waals surface area (Å²) in [5.74, 6) is 1.47. The Morgan fingerprint density at radius 2 is 1.92 bits per heavy atom. The smallest absolute Gasteiger partial charge is 0.338 e. The van der Waals surface area contributed by atoms with Crippen molar-refractivity contribution in [2.75, 3.05) is 11.5 Å². The van der Waals surface area contributed by atoms with Gasteiger partial charge in [0.05, 0.1) is 16.2 Å². The Labute approximate surface area is 158 Å². The topological polar surface area (TPSA) is 44.8 Å². The second-order valence-electron chi connectivity index (χ2n) is 6.92. The highest BCUT2D eigenvalue weighted by molar-refractivity contribution is 8.17. The van der Waals surface area contributed by atoms with E-state index in [4.69, 9.17) is 14.2 Å². The largest absolute Gasteiger partial charge is 0.459 e. The van der Waals surface area contributed by atoms with Gasteiger partial charge in [-0.1, -0.05) is 18.2 Å². The molecule has 0 bridgehead atoms. The predicted octanol–water partition coefficient (Wildman–Crippen LogP) is 4.34. The zero-order chi connectivity index (χ0) is 17.9. The lowest BCUT2D eigenvalue weighted by Crippen LogP contribution is -2.35. The number of carbonyl (C=O) groups is 1. The summed E-state index contributed by atoms with van der Waals surface area (Å²) in [6.07, 6.45) is 1.64. The lowest BCUT2D eigenvalue weighted by atomic mass is 10.1. The second kappa shape index (κ2) is 8.33. The molecular weight excluding hydrogens is 356 g/mol. The maximum absolute atomic E-state index is 12.2. The number of esters is 1. The lowest BCUT2D eigenvalue weighted by Gasteiger charge is -2.29. The Balaban J connectivity index is 1.60. The lowest BCUT2D eigenvalue weighted by molar-refractivity contribution is -0.147. The first-order valence-electron chi connectivity index (χ1n) is 8.79. The van der Waals surface area contributed by atoms with Gasteiger partial charge in [0.2, 0.25) is 0 Å². The highest BCUT2D eigenvalue weighted by atomic mass is 32.2. The van der Waals surface area contributed by atoms with Gasteiger partial charge in [-0.25, -0.2) is 4.79 Å². The summed E-state index contributed by atoms with van der Waals surface area (Å²) in [4.78, 5) is 12.2. The molecular formula is C19H26O4S2. The molecule has 1 aromatic rings. The van der Waals surface area contributed by atoms with E-state index in [-0.39, 0.29) is 24.3 Å². The van der Waals surface area contributed by atoms with Gasteiger partial charge in [0.15, 0.2) is 5.79 Å². The maximum atomic E-state index is 12.2. The van der Waals surface area contributed by atoms with Crippen LogP contribution in [0.3, 0.4) is 0 Å². The number of ether oxygens (including phenoxy) is 3. The molecule has 0 saturated carbocycles. The fourth-order valence-electron chi connectivity index (χ4n) is 3.17. The molecule has 0 radical (unpaired) electrons. The Morgan fingerprint density at radius 3 is 2.60 bits per heavy atom. The van der Waals surface area contributed by atoms with E-state index >= 15 is 0 Å². The summed E-state index contributed by atoms with van der Waals surface area (Å²) in [5.41, 5.74) is 0.577. The summed E-state index contributed by atoms with van der Waals surface area (Å²) in [5, 5.41) is 0. The average Bonchev–Trinajstić information content (AvgIpc) is 2.90. The average molecular weight is 383 g/mol. The van der Waals surface area contributed by atoms with Crippen molar-refractivity contribution in [2.24, 2.45) is 0 Å². The SMILES string of the molecule is C[C@@H](C[C@@H]1OC(C)(C)O[C@H]1C1SCCCS1)OC(=O)c1ccccc1. The van der Waals surface area contributed by atoms with Crippen LogP contribution in [0.1, 0.15) is 44.0 Å². The Morgan fingerprint density at radius 1 is 1.24 bits per heavy atom. The minimum atomic E-state index is -0.586. The van der Waals surface area contributed by atoms with E-state index in [9.17, 15) is 4.79 Å². The van der Waals surface area contributed by atoms with E-state index in [0.717, 1.165) is 0 Å². The molecule has 138 valence electrons. The fourth-order valence-corrected chi connectivity index (χ4v) is 6.24. The summed E-state index contributed by atoms with van der Waals surface area (Å²) >= 11 is 3.91. The molecule has 2 saturated heterocycles. The van der Waals surface area contributed by atoms with Crippen molar-refractivity contribution < 1.29 is 19.0 Å². The van der Waals surface area contributed by atoms with Crippen molar-refractivity contribution in [1.29, 1.82) is 0 Å². The van der Waals surface area contributed by atoms with Crippen LogP contribution in [0.5, 0.6) is 0 Å². The minimum Gasteiger partial charge on any atom is -0.459 e. The van der Waals surface area contributed by atoms with Crippen molar-refractivity contribution in [3.05, 3.63) is 35.9 Å². The van der Waals surface area contributed by atoms with Crippen molar-refractivity contribution in [3.8, 4) is 0 Å². The van der Waals surface area contributed by atoms with Gasteiger partial charge in [-0.3, -0.25) is 0 Å². The molecule has 3 rings (SSSR count). The summed E-state index contributed by atoms with van der Waals surface area (Å²) < 4.78 is 18.3. The van der Waals surface area contributed by atoms with Crippen LogP contribution in [0.4, 0.5) is 0 Å². The summed E-state index contributed by atoms with van der Waals surface area (Å²) in [6.45, 7) is 5.84. The van der Waals surface area contributed by atoms with Crippen LogP contribution in [0, 0.1) is 0 Å². The van der Waals surface area contributed by atoms with Gasteiger partial charge in [0.25, 0.3) is 0 Å². The molecule has 2 aliphatic heterocycles. The molecule has 1 aromatic carbocycles. The third-order valence-electron chi connectivity index (χ3n) is 4.22. The van der Waals surface area contributed by atoms with Crippen LogP contribution in [-0.2, 0) is 14.2 Å². The zero-order valence-corrected chi connectivity index (χ0v) is 16.6. The van der Waals surface area contributed by atoms with Crippen LogP contribution in [-0.4, -0.2) is 46.2 Å². The van der Waals surface area contributed by atoms with Crippen molar-refractivity contribution in [2.45, 2.75) is 62.3 Å². The third-order valence-corrected chi connectivity index (χ3v) is 7.28. The molecule has 0 aromatic heterocycles. The van der Waals surface area contributed by atoms with E-state index in [1.54, 1.807) is 12.1 Å². The highest BCUT2D eigenvalue weighted by Gasteiger charge is 2.46. The number of benzene rings is 1. The van der Waals surface area contributed by atoms with Gasteiger partial charge < -0.3 is 14.2 Å². The molecule has 6 heteroatoms. The predicted molar refractivity (Wildman–Crippen MR) is 103 cm³/mol. The summed E-state index contributed by atoms with van der Waals surface area (Å²) in [7, 11) is 0. The normalized spacial score (nSPS) is 27.8. The fraction of sp³-hybridized carbons (Fsp3) is 0.632. The molecule has 2 heterocycles. The molecule has 0 aliphatic carbocycles. The van der Waals surface area contributed by atoms with Gasteiger partial charge in [-0.2, -0.15) is 0 Å². The van der Waals surface area contributed by atoms with Crippen LogP contribution < -0.4 is 0 Å². The first kappa shape index (κ1) is 19.1. The van der Waals surface area contributed by atoms with Crippen molar-refractivity contribution in [3.63, 3.8) is 0 Å². The molecule has 3 atom stereocenters. The van der Waals surface area contributed by atoms with E-state index < -0.39 is 5.79 Å². The number of rotatable bonds is 5. The monoisotopic (exact) mass is 382 g/mol. The van der Waals surface area contributed by atoms with Gasteiger partial charge in [-0.05, 0) is 50.8 Å². The standard InChI is InChI=1S/C19H26O4S2/c1-13(21-17(20)14-8-5-4-6-9-14)12-15-16(23-19(2,3)22-15)18-24-10-7-11-25-18/h4-6,8-9,13,15-16,18H,7,10-12H2,1-3H3/t13-,15-,16+/m0/s1. The molecule has 0 amide bonds. The molecule has 0 spiro atoms. The third kappa shape index (κ3) is 5.16. The Kier molecular flexibility index (Phi) is 6.36. The van der Waals surface area contributed by atoms with E-state index in [1.165, 1.54) is 17.9 Å². The second-order valence-corrected chi connectivity index (χ2v) is 9.72. The number of thioether (sulfide) groups is 2. The number of carbonyl (C=O) groups excluding carboxylic acids is 1. The van der Waals surface area contributed by atoms with Gasteiger partial charge in [-0.15, -0.1) is 23.5 Å². The molecule has 2 aliphatic rings. The van der Waals surface area contributed by atoms with Gasteiger partial charge in [0.1, 0.15) is 12.2 Å². The molecule has 2 fully saturated rings. The Hall–Kier alpha value is -0.690. The first-order chi connectivity index (χ1) is 11.9. The van der Waals surface area contributed by atoms with Crippen LogP contribution in [0.15, 0.2) is 30.3 Å². The van der Waals surface area contributed by atoms with Crippen LogP contribution >= 0.6 is 23.5 Å². The van der Waals surface area contributed by atoms with Crippen molar-refractivity contribution >= 4 is 29.5 Å². The molecule has 4 nitrogen and oxygen atoms in total. The van der Waals surface area contributed by atoms with Crippen LogP contribution in [0.2, 0.25) is 0 Å². The van der Waals surface area contributed by atoms with Crippen LogP contribution in [0.25, 0.3) is 0 Å². The number of hydrogen-bond acceptors (Lipinski definition) is 6. The molecule has 0 unspecified atom stereocenters. The molecule has 25 heavy (non-hydrogen) atoms. The highest BCUT2D eigenvalue weighted by Crippen LogP contribution is 2.42. The van der Waals surface area contributed by atoms with E-state index in [2.05, 4.69) is 0 Å². The van der Waals surface area contributed by atoms with Gasteiger partial charge >= 0.3 is 5.97 Å². The van der Waals surface area contributed by atoms with Crippen molar-refractivity contribution in [1.82, 2.24) is 0 Å².